The standard InChI is InChI=1S/C15H21BO/c1-9-7-14-13(8-10(2)15(14)17-4)12(5-6-16)11(9)3/h7,10,15H,5-6,8H2,1-4H3. The number of rotatable bonds is 3. The molecule has 0 saturated carbocycles. The van der Waals surface area contributed by atoms with E-state index in [4.69, 9.17) is 12.6 Å². The van der Waals surface area contributed by atoms with Crippen LogP contribution in [0.2, 0.25) is 6.32 Å². The van der Waals surface area contributed by atoms with Crippen molar-refractivity contribution in [2.45, 2.75) is 46.0 Å². The number of methoxy groups -OCH3 is 1. The fourth-order valence-electron chi connectivity index (χ4n) is 3.14. The molecular weight excluding hydrogens is 207 g/mol. The van der Waals surface area contributed by atoms with Crippen LogP contribution in [-0.2, 0) is 17.6 Å². The lowest BCUT2D eigenvalue weighted by atomic mass is 9.87. The average molecular weight is 228 g/mol. The van der Waals surface area contributed by atoms with Crippen LogP contribution in [-0.4, -0.2) is 15.0 Å². The molecule has 1 aliphatic rings. The van der Waals surface area contributed by atoms with Crippen LogP contribution in [0.3, 0.4) is 0 Å². The van der Waals surface area contributed by atoms with Crippen molar-refractivity contribution in [2.75, 3.05) is 7.11 Å². The smallest absolute Gasteiger partial charge is 0.0852 e. The van der Waals surface area contributed by atoms with Gasteiger partial charge in [0.2, 0.25) is 0 Å². The van der Waals surface area contributed by atoms with Crippen molar-refractivity contribution in [3.05, 3.63) is 33.9 Å². The Hall–Kier alpha value is -0.755. The SMILES string of the molecule is [B]CCc1c(C)c(C)cc2c1CC(C)C2OC. The Morgan fingerprint density at radius 1 is 1.41 bits per heavy atom. The minimum atomic E-state index is 0.265. The van der Waals surface area contributed by atoms with Gasteiger partial charge in [-0.05, 0) is 60.4 Å². The van der Waals surface area contributed by atoms with E-state index < -0.39 is 0 Å². The predicted molar refractivity (Wildman–Crippen MR) is 72.8 cm³/mol. The lowest BCUT2D eigenvalue weighted by Crippen LogP contribution is -2.05. The summed E-state index contributed by atoms with van der Waals surface area (Å²) < 4.78 is 5.65. The van der Waals surface area contributed by atoms with Gasteiger partial charge >= 0.3 is 0 Å². The lowest BCUT2D eigenvalue weighted by Gasteiger charge is -2.17. The molecule has 0 N–H and O–H groups in total. The Morgan fingerprint density at radius 3 is 2.71 bits per heavy atom. The molecule has 1 aromatic rings. The molecule has 90 valence electrons. The number of aryl methyl sites for hydroxylation is 1. The molecule has 2 heteroatoms. The Kier molecular flexibility index (Phi) is 3.62. The molecule has 0 saturated heterocycles. The van der Waals surface area contributed by atoms with E-state index in [0.717, 1.165) is 19.2 Å². The largest absolute Gasteiger partial charge is 0.376 e. The molecule has 2 atom stereocenters. The molecule has 0 bridgehead atoms. The topological polar surface area (TPSA) is 9.23 Å². The zero-order valence-corrected chi connectivity index (χ0v) is 11.3. The van der Waals surface area contributed by atoms with Gasteiger partial charge in [-0.15, -0.1) is 0 Å². The maximum absolute atomic E-state index is 5.74. The van der Waals surface area contributed by atoms with Gasteiger partial charge in [-0.25, -0.2) is 0 Å². The Balaban J connectivity index is 2.56. The Morgan fingerprint density at radius 2 is 2.12 bits per heavy atom. The van der Waals surface area contributed by atoms with Gasteiger partial charge in [-0.1, -0.05) is 19.3 Å². The van der Waals surface area contributed by atoms with Crippen LogP contribution < -0.4 is 0 Å². The Labute approximate surface area is 106 Å². The summed E-state index contributed by atoms with van der Waals surface area (Å²) in [6.45, 7) is 6.67. The molecule has 0 heterocycles. The summed E-state index contributed by atoms with van der Waals surface area (Å²) in [7, 11) is 7.56. The third-order valence-corrected chi connectivity index (χ3v) is 4.13. The highest BCUT2D eigenvalue weighted by Crippen LogP contribution is 2.41. The van der Waals surface area contributed by atoms with Crippen molar-refractivity contribution in [3.8, 4) is 0 Å². The molecule has 1 aromatic carbocycles. The van der Waals surface area contributed by atoms with Gasteiger partial charge in [0.1, 0.15) is 0 Å². The van der Waals surface area contributed by atoms with Crippen LogP contribution >= 0.6 is 0 Å². The summed E-state index contributed by atoms with van der Waals surface area (Å²) in [5.41, 5.74) is 7.14. The first-order chi connectivity index (χ1) is 8.10. The van der Waals surface area contributed by atoms with Gasteiger partial charge in [0.25, 0.3) is 0 Å². The summed E-state index contributed by atoms with van der Waals surface area (Å²) in [5.74, 6) is 0.577. The van der Waals surface area contributed by atoms with Crippen molar-refractivity contribution < 1.29 is 4.74 Å². The molecule has 2 rings (SSSR count). The number of hydrogen-bond donors (Lipinski definition) is 0. The molecular formula is C15H21BO. The van der Waals surface area contributed by atoms with Crippen LogP contribution in [0.15, 0.2) is 6.07 Å². The van der Waals surface area contributed by atoms with Gasteiger partial charge in [-0.2, -0.15) is 0 Å². The van der Waals surface area contributed by atoms with E-state index in [2.05, 4.69) is 26.8 Å². The predicted octanol–water partition coefficient (Wildman–Crippen LogP) is 3.31. The second kappa shape index (κ2) is 4.85. The second-order valence-corrected chi connectivity index (χ2v) is 5.24. The highest BCUT2D eigenvalue weighted by molar-refractivity contribution is 6.08. The molecule has 0 aromatic heterocycles. The third kappa shape index (κ3) is 2.04. The van der Waals surface area contributed by atoms with Gasteiger partial charge < -0.3 is 4.74 Å². The summed E-state index contributed by atoms with van der Waals surface area (Å²) in [6, 6.07) is 2.31. The maximum Gasteiger partial charge on any atom is 0.0852 e. The van der Waals surface area contributed by atoms with Crippen molar-refractivity contribution in [3.63, 3.8) is 0 Å². The average Bonchev–Trinajstić information content (AvgIpc) is 2.60. The molecule has 0 spiro atoms. The van der Waals surface area contributed by atoms with Crippen molar-refractivity contribution in [2.24, 2.45) is 5.92 Å². The minimum absolute atomic E-state index is 0.265. The second-order valence-electron chi connectivity index (χ2n) is 5.24. The number of ether oxygens (including phenoxy) is 1. The normalized spacial score (nSPS) is 22.8. The maximum atomic E-state index is 5.74. The van der Waals surface area contributed by atoms with E-state index in [1.807, 2.05) is 7.11 Å². The van der Waals surface area contributed by atoms with E-state index in [-0.39, 0.29) is 6.10 Å². The fraction of sp³-hybridized carbons (Fsp3) is 0.600. The first-order valence-electron chi connectivity index (χ1n) is 6.44. The van der Waals surface area contributed by atoms with Crippen LogP contribution in [0.5, 0.6) is 0 Å². The molecule has 1 nitrogen and oxygen atoms in total. The monoisotopic (exact) mass is 228 g/mol. The van der Waals surface area contributed by atoms with Crippen LogP contribution in [0.1, 0.15) is 40.8 Å². The van der Waals surface area contributed by atoms with Gasteiger partial charge in [-0.3, -0.25) is 0 Å². The highest BCUT2D eigenvalue weighted by Gasteiger charge is 2.31. The summed E-state index contributed by atoms with van der Waals surface area (Å²) in [4.78, 5) is 0. The fourth-order valence-corrected chi connectivity index (χ4v) is 3.14. The number of hydrogen-bond acceptors (Lipinski definition) is 1. The van der Waals surface area contributed by atoms with Crippen LogP contribution in [0.25, 0.3) is 0 Å². The van der Waals surface area contributed by atoms with Gasteiger partial charge in [0.05, 0.1) is 14.0 Å². The minimum Gasteiger partial charge on any atom is -0.376 e. The molecule has 2 radical (unpaired) electrons. The third-order valence-electron chi connectivity index (χ3n) is 4.13. The number of fused-ring (bicyclic) bond motifs is 1. The molecule has 0 amide bonds. The van der Waals surface area contributed by atoms with Crippen molar-refractivity contribution >= 4 is 7.85 Å². The van der Waals surface area contributed by atoms with Gasteiger partial charge in [0.15, 0.2) is 0 Å². The number of benzene rings is 1. The van der Waals surface area contributed by atoms with Crippen LogP contribution in [0, 0.1) is 19.8 Å². The summed E-state index contributed by atoms with van der Waals surface area (Å²) in [6.07, 6.45) is 3.10. The lowest BCUT2D eigenvalue weighted by molar-refractivity contribution is 0.0695. The van der Waals surface area contributed by atoms with Crippen molar-refractivity contribution in [1.29, 1.82) is 0 Å². The van der Waals surface area contributed by atoms with E-state index in [1.165, 1.54) is 27.8 Å². The first kappa shape index (κ1) is 12.7. The summed E-state index contributed by atoms with van der Waals surface area (Å²) in [5, 5.41) is 0. The van der Waals surface area contributed by atoms with E-state index >= 15 is 0 Å². The first-order valence-corrected chi connectivity index (χ1v) is 6.44. The molecule has 2 unspecified atom stereocenters. The zero-order valence-electron chi connectivity index (χ0n) is 11.3. The molecule has 1 aliphatic carbocycles. The molecule has 17 heavy (non-hydrogen) atoms. The quantitative estimate of drug-likeness (QED) is 0.721. The van der Waals surface area contributed by atoms with E-state index in [1.54, 1.807) is 0 Å². The van der Waals surface area contributed by atoms with Crippen LogP contribution in [0.4, 0.5) is 0 Å². The van der Waals surface area contributed by atoms with Gasteiger partial charge in [0, 0.05) is 7.11 Å². The zero-order chi connectivity index (χ0) is 12.6. The van der Waals surface area contributed by atoms with E-state index in [9.17, 15) is 0 Å². The molecule has 0 aliphatic heterocycles. The summed E-state index contributed by atoms with van der Waals surface area (Å²) >= 11 is 0. The Bertz CT molecular complexity index is 425. The molecule has 0 fully saturated rings. The van der Waals surface area contributed by atoms with E-state index in [0.29, 0.717) is 5.92 Å². The van der Waals surface area contributed by atoms with Crippen molar-refractivity contribution in [1.82, 2.24) is 0 Å². The highest BCUT2D eigenvalue weighted by atomic mass is 16.5.